The van der Waals surface area contributed by atoms with E-state index in [0.29, 0.717) is 5.69 Å². The van der Waals surface area contributed by atoms with Crippen LogP contribution in [0, 0.1) is 22.7 Å². The van der Waals surface area contributed by atoms with Gasteiger partial charge in [-0.25, -0.2) is 0 Å². The average Bonchev–Trinajstić information content (AvgIpc) is 2.56. The summed E-state index contributed by atoms with van der Waals surface area (Å²) in [5.41, 5.74) is 5.22. The molecule has 2 aromatic rings. The number of ether oxygens (including phenoxy) is 1. The van der Waals surface area contributed by atoms with Crippen LogP contribution in [0.1, 0.15) is 0 Å². The largest absolute Gasteiger partial charge is 0.497 e. The summed E-state index contributed by atoms with van der Waals surface area (Å²) in [5.74, 6) is 0.798. The number of nitrogens with zero attached hydrogens (tertiary/aromatic N) is 3. The Hall–Kier alpha value is -3.31. The molecule has 5 nitrogen and oxygen atoms in total. The fraction of sp³-hybridized carbons (Fsp3) is 0.0625. The van der Waals surface area contributed by atoms with Gasteiger partial charge in [0.1, 0.15) is 17.9 Å². The first-order valence-corrected chi connectivity index (χ1v) is 6.15. The normalized spacial score (nSPS) is 9.10. The van der Waals surface area contributed by atoms with Gasteiger partial charge in [-0.2, -0.15) is 15.6 Å². The second-order valence-electron chi connectivity index (χ2n) is 4.11. The zero-order valence-electron chi connectivity index (χ0n) is 11.4. The molecule has 0 aromatic heterocycles. The number of methoxy groups -OCH3 is 1. The van der Waals surface area contributed by atoms with Crippen LogP contribution in [0.25, 0.3) is 11.1 Å². The first-order valence-electron chi connectivity index (χ1n) is 6.15. The molecule has 0 unspecified atom stereocenters. The second kappa shape index (κ2) is 6.74. The summed E-state index contributed by atoms with van der Waals surface area (Å²) in [6.45, 7) is 0. The van der Waals surface area contributed by atoms with Crippen LogP contribution >= 0.6 is 0 Å². The summed E-state index contributed by atoms with van der Waals surface area (Å²) in [7, 11) is 1.63. The van der Waals surface area contributed by atoms with E-state index >= 15 is 0 Å². The van der Waals surface area contributed by atoms with E-state index in [-0.39, 0.29) is 5.71 Å². The Bertz CT molecular complexity index is 720. The van der Waals surface area contributed by atoms with Crippen molar-refractivity contribution in [3.63, 3.8) is 0 Å². The van der Waals surface area contributed by atoms with Crippen molar-refractivity contribution < 1.29 is 4.74 Å². The van der Waals surface area contributed by atoms with Gasteiger partial charge in [0.25, 0.3) is 0 Å². The molecular weight excluding hydrogens is 264 g/mol. The van der Waals surface area contributed by atoms with Crippen molar-refractivity contribution in [1.29, 1.82) is 10.5 Å². The minimum atomic E-state index is -0.216. The van der Waals surface area contributed by atoms with Crippen LogP contribution in [0.5, 0.6) is 5.75 Å². The zero-order chi connectivity index (χ0) is 15.1. The molecule has 0 saturated heterocycles. The first-order chi connectivity index (χ1) is 10.3. The highest BCUT2D eigenvalue weighted by Gasteiger charge is 2.00. The van der Waals surface area contributed by atoms with E-state index in [1.807, 2.05) is 48.5 Å². The topological polar surface area (TPSA) is 81.2 Å². The Kier molecular flexibility index (Phi) is 4.53. The standard InChI is InChI=1S/C16H12N4O/c1-21-16-4-2-3-13(9-16)12-5-7-14(8-6-12)19-20-15(10-17)11-18/h2-9,19H,1H3. The lowest BCUT2D eigenvalue weighted by atomic mass is 10.1. The molecule has 0 spiro atoms. The molecule has 0 atom stereocenters. The second-order valence-corrected chi connectivity index (χ2v) is 4.11. The van der Waals surface area contributed by atoms with Gasteiger partial charge in [0.05, 0.1) is 12.8 Å². The van der Waals surface area contributed by atoms with E-state index < -0.39 is 0 Å². The van der Waals surface area contributed by atoms with Gasteiger partial charge < -0.3 is 4.74 Å². The van der Waals surface area contributed by atoms with Crippen LogP contribution in [0.4, 0.5) is 5.69 Å². The van der Waals surface area contributed by atoms with Gasteiger partial charge in [0, 0.05) is 0 Å². The Morgan fingerprint density at radius 2 is 1.76 bits per heavy atom. The summed E-state index contributed by atoms with van der Waals surface area (Å²) in [6, 6.07) is 18.6. The molecule has 0 bridgehead atoms. The van der Waals surface area contributed by atoms with Crippen LogP contribution in [0.2, 0.25) is 0 Å². The van der Waals surface area contributed by atoms with Gasteiger partial charge in [0.15, 0.2) is 0 Å². The molecule has 1 N–H and O–H groups in total. The van der Waals surface area contributed by atoms with Crippen molar-refractivity contribution >= 4 is 11.4 Å². The Labute approximate surface area is 122 Å². The Balaban J connectivity index is 2.18. The van der Waals surface area contributed by atoms with Crippen molar-refractivity contribution in [3.8, 4) is 29.0 Å². The summed E-state index contributed by atoms with van der Waals surface area (Å²) in [4.78, 5) is 0. The van der Waals surface area contributed by atoms with E-state index in [0.717, 1.165) is 16.9 Å². The van der Waals surface area contributed by atoms with E-state index in [1.165, 1.54) is 0 Å². The molecule has 0 fully saturated rings. The maximum atomic E-state index is 8.59. The summed E-state index contributed by atoms with van der Waals surface area (Å²) >= 11 is 0. The maximum Gasteiger partial charge on any atom is 0.237 e. The quantitative estimate of drug-likeness (QED) is 0.687. The van der Waals surface area contributed by atoms with Gasteiger partial charge in [-0.1, -0.05) is 24.3 Å². The third kappa shape index (κ3) is 3.59. The number of anilines is 1. The summed E-state index contributed by atoms with van der Waals surface area (Å²) in [6.07, 6.45) is 0. The monoisotopic (exact) mass is 276 g/mol. The fourth-order valence-corrected chi connectivity index (χ4v) is 1.74. The molecule has 0 aliphatic rings. The van der Waals surface area contributed by atoms with Crippen molar-refractivity contribution in [2.24, 2.45) is 5.10 Å². The average molecular weight is 276 g/mol. The lowest BCUT2D eigenvalue weighted by Gasteiger charge is -2.06. The van der Waals surface area contributed by atoms with Gasteiger partial charge in [-0.15, -0.1) is 0 Å². The third-order valence-electron chi connectivity index (χ3n) is 2.80. The highest BCUT2D eigenvalue weighted by atomic mass is 16.5. The summed E-state index contributed by atoms with van der Waals surface area (Å²) < 4.78 is 5.20. The predicted octanol–water partition coefficient (Wildman–Crippen LogP) is 3.18. The summed E-state index contributed by atoms with van der Waals surface area (Å²) in [5, 5.41) is 20.9. The minimum absolute atomic E-state index is 0.216. The van der Waals surface area contributed by atoms with Crippen LogP contribution in [0.3, 0.4) is 0 Å². The number of nitrogens with one attached hydrogen (secondary N) is 1. The van der Waals surface area contributed by atoms with Gasteiger partial charge in [-0.3, -0.25) is 5.43 Å². The number of hydrazone groups is 1. The Morgan fingerprint density at radius 1 is 1.05 bits per heavy atom. The van der Waals surface area contributed by atoms with E-state index in [2.05, 4.69) is 10.5 Å². The molecule has 5 heteroatoms. The van der Waals surface area contributed by atoms with Crippen LogP contribution < -0.4 is 10.2 Å². The number of hydrogen-bond donors (Lipinski definition) is 1. The highest BCUT2D eigenvalue weighted by Crippen LogP contribution is 2.24. The molecule has 0 aliphatic heterocycles. The SMILES string of the molecule is COc1cccc(-c2ccc(NN=C(C#N)C#N)cc2)c1. The van der Waals surface area contributed by atoms with Crippen LogP contribution in [-0.4, -0.2) is 12.8 Å². The number of hydrogen-bond acceptors (Lipinski definition) is 5. The third-order valence-corrected chi connectivity index (χ3v) is 2.80. The zero-order valence-corrected chi connectivity index (χ0v) is 11.4. The van der Waals surface area contributed by atoms with Crippen LogP contribution in [0.15, 0.2) is 53.6 Å². The van der Waals surface area contributed by atoms with E-state index in [4.69, 9.17) is 15.3 Å². The highest BCUT2D eigenvalue weighted by molar-refractivity contribution is 6.10. The van der Waals surface area contributed by atoms with Gasteiger partial charge in [0.2, 0.25) is 5.71 Å². The molecule has 0 saturated carbocycles. The van der Waals surface area contributed by atoms with Crippen LogP contribution in [-0.2, 0) is 0 Å². The predicted molar refractivity (Wildman–Crippen MR) is 80.7 cm³/mol. The van der Waals surface area contributed by atoms with E-state index in [1.54, 1.807) is 19.2 Å². The smallest absolute Gasteiger partial charge is 0.237 e. The van der Waals surface area contributed by atoms with Crippen molar-refractivity contribution in [2.45, 2.75) is 0 Å². The van der Waals surface area contributed by atoms with E-state index in [9.17, 15) is 0 Å². The first kappa shape index (κ1) is 14.1. The molecule has 2 rings (SSSR count). The molecular formula is C16H12N4O. The number of nitriles is 2. The maximum absolute atomic E-state index is 8.59. The molecule has 0 heterocycles. The van der Waals surface area contributed by atoms with Crippen molar-refractivity contribution in [1.82, 2.24) is 0 Å². The molecule has 0 amide bonds. The molecule has 0 radical (unpaired) electrons. The molecule has 102 valence electrons. The molecule has 2 aromatic carbocycles. The van der Waals surface area contributed by atoms with Gasteiger partial charge >= 0.3 is 0 Å². The van der Waals surface area contributed by atoms with Gasteiger partial charge in [-0.05, 0) is 35.4 Å². The minimum Gasteiger partial charge on any atom is -0.497 e. The number of benzene rings is 2. The Morgan fingerprint density at radius 3 is 2.38 bits per heavy atom. The molecule has 0 aliphatic carbocycles. The molecule has 21 heavy (non-hydrogen) atoms. The van der Waals surface area contributed by atoms with Crippen molar-refractivity contribution in [3.05, 3.63) is 48.5 Å². The lowest BCUT2D eigenvalue weighted by Crippen LogP contribution is -1.96. The lowest BCUT2D eigenvalue weighted by molar-refractivity contribution is 0.415. The fourth-order valence-electron chi connectivity index (χ4n) is 1.74. The van der Waals surface area contributed by atoms with Crippen molar-refractivity contribution in [2.75, 3.05) is 12.5 Å². The number of rotatable bonds is 4.